The maximum atomic E-state index is 10.8. The van der Waals surface area contributed by atoms with E-state index in [9.17, 15) is 4.79 Å². The molecule has 5 heteroatoms. The molecule has 0 amide bonds. The SMILES string of the molecule is O=C(O)c1cc[nH]c1-c1sccc1Cl. The number of carboxylic acid groups (broad SMARTS) is 1. The molecule has 0 fully saturated rings. The minimum absolute atomic E-state index is 0.245. The Hall–Kier alpha value is -1.26. The van der Waals surface area contributed by atoms with Crippen molar-refractivity contribution in [1.29, 1.82) is 0 Å². The minimum atomic E-state index is -0.953. The van der Waals surface area contributed by atoms with Gasteiger partial charge in [0, 0.05) is 6.20 Å². The monoisotopic (exact) mass is 227 g/mol. The van der Waals surface area contributed by atoms with Crippen molar-refractivity contribution >= 4 is 28.9 Å². The molecule has 0 bridgehead atoms. The average molecular weight is 228 g/mol. The molecule has 14 heavy (non-hydrogen) atoms. The van der Waals surface area contributed by atoms with Crippen molar-refractivity contribution in [3.8, 4) is 10.6 Å². The Kier molecular flexibility index (Phi) is 2.31. The van der Waals surface area contributed by atoms with Crippen LogP contribution in [0.25, 0.3) is 10.6 Å². The van der Waals surface area contributed by atoms with Gasteiger partial charge in [-0.05, 0) is 17.5 Å². The molecule has 2 heterocycles. The van der Waals surface area contributed by atoms with Crippen LogP contribution < -0.4 is 0 Å². The predicted octanol–water partition coefficient (Wildman–Crippen LogP) is 3.09. The smallest absolute Gasteiger partial charge is 0.337 e. The first-order chi connectivity index (χ1) is 6.70. The van der Waals surface area contributed by atoms with Crippen LogP contribution in [0.2, 0.25) is 5.02 Å². The number of carboxylic acids is 1. The quantitative estimate of drug-likeness (QED) is 0.828. The first kappa shape index (κ1) is 9.30. The summed E-state index contributed by atoms with van der Waals surface area (Å²) in [7, 11) is 0. The highest BCUT2D eigenvalue weighted by Crippen LogP contribution is 2.34. The Labute approximate surface area is 89.0 Å². The normalized spacial score (nSPS) is 10.4. The molecule has 72 valence electrons. The van der Waals surface area contributed by atoms with Crippen molar-refractivity contribution in [2.75, 3.05) is 0 Å². The molecule has 0 saturated heterocycles. The summed E-state index contributed by atoms with van der Waals surface area (Å²) in [5.74, 6) is -0.953. The van der Waals surface area contributed by atoms with E-state index in [2.05, 4.69) is 4.98 Å². The molecule has 0 unspecified atom stereocenters. The number of aromatic nitrogens is 1. The fourth-order valence-corrected chi connectivity index (χ4v) is 2.38. The molecular weight excluding hydrogens is 222 g/mol. The van der Waals surface area contributed by atoms with Gasteiger partial charge in [-0.1, -0.05) is 11.6 Å². The second kappa shape index (κ2) is 3.48. The topological polar surface area (TPSA) is 53.1 Å². The van der Waals surface area contributed by atoms with Crippen LogP contribution in [-0.2, 0) is 0 Å². The van der Waals surface area contributed by atoms with Gasteiger partial charge in [-0.2, -0.15) is 0 Å². The van der Waals surface area contributed by atoms with Crippen molar-refractivity contribution in [3.63, 3.8) is 0 Å². The highest BCUT2D eigenvalue weighted by atomic mass is 35.5. The van der Waals surface area contributed by atoms with Crippen molar-refractivity contribution in [2.24, 2.45) is 0 Å². The van der Waals surface area contributed by atoms with Crippen molar-refractivity contribution in [2.45, 2.75) is 0 Å². The van der Waals surface area contributed by atoms with Crippen LogP contribution in [0.4, 0.5) is 0 Å². The van der Waals surface area contributed by atoms with Crippen LogP contribution in [-0.4, -0.2) is 16.1 Å². The molecule has 2 rings (SSSR count). The van der Waals surface area contributed by atoms with E-state index < -0.39 is 5.97 Å². The minimum Gasteiger partial charge on any atom is -0.478 e. The molecule has 0 radical (unpaired) electrons. The molecule has 2 aromatic rings. The summed E-state index contributed by atoms with van der Waals surface area (Å²) in [6, 6.07) is 3.27. The number of hydrogen-bond acceptors (Lipinski definition) is 2. The summed E-state index contributed by atoms with van der Waals surface area (Å²) in [5.41, 5.74) is 0.812. The van der Waals surface area contributed by atoms with Crippen molar-refractivity contribution < 1.29 is 9.90 Å². The molecule has 2 aromatic heterocycles. The Morgan fingerprint density at radius 3 is 2.86 bits per heavy atom. The first-order valence-electron chi connectivity index (χ1n) is 3.84. The molecule has 0 atom stereocenters. The van der Waals surface area contributed by atoms with Crippen LogP contribution in [0.1, 0.15) is 10.4 Å². The molecular formula is C9H6ClNO2S. The second-order valence-corrected chi connectivity index (χ2v) is 3.99. The zero-order chi connectivity index (χ0) is 10.1. The molecule has 0 aliphatic rings. The zero-order valence-corrected chi connectivity index (χ0v) is 8.52. The third-order valence-electron chi connectivity index (χ3n) is 1.82. The van der Waals surface area contributed by atoms with E-state index >= 15 is 0 Å². The van der Waals surface area contributed by atoms with Crippen LogP contribution in [0, 0.1) is 0 Å². The number of halogens is 1. The largest absolute Gasteiger partial charge is 0.478 e. The molecule has 2 N–H and O–H groups in total. The number of rotatable bonds is 2. The van der Waals surface area contributed by atoms with Gasteiger partial charge < -0.3 is 10.1 Å². The Morgan fingerprint density at radius 1 is 1.50 bits per heavy atom. The number of nitrogens with one attached hydrogen (secondary N) is 1. The molecule has 0 aliphatic carbocycles. The molecule has 3 nitrogen and oxygen atoms in total. The van der Waals surface area contributed by atoms with E-state index in [0.29, 0.717) is 10.7 Å². The summed E-state index contributed by atoms with van der Waals surface area (Å²) >= 11 is 7.32. The third kappa shape index (κ3) is 1.42. The Balaban J connectivity index is 2.57. The van der Waals surface area contributed by atoms with Crippen LogP contribution in [0.3, 0.4) is 0 Å². The molecule has 0 aromatic carbocycles. The van der Waals surface area contributed by atoms with Crippen LogP contribution in [0.5, 0.6) is 0 Å². The van der Waals surface area contributed by atoms with E-state index in [4.69, 9.17) is 16.7 Å². The maximum Gasteiger partial charge on any atom is 0.337 e. The van der Waals surface area contributed by atoms with E-state index in [1.807, 2.05) is 5.38 Å². The van der Waals surface area contributed by atoms with Gasteiger partial charge in [0.2, 0.25) is 0 Å². The number of H-pyrrole nitrogens is 1. The van der Waals surface area contributed by atoms with Gasteiger partial charge in [-0.3, -0.25) is 0 Å². The third-order valence-corrected chi connectivity index (χ3v) is 3.18. The lowest BCUT2D eigenvalue weighted by Crippen LogP contribution is -1.95. The second-order valence-electron chi connectivity index (χ2n) is 2.67. The number of thiophene rings is 1. The number of aromatic amines is 1. The summed E-state index contributed by atoms with van der Waals surface area (Å²) < 4.78 is 0. The number of aromatic carboxylic acids is 1. The maximum absolute atomic E-state index is 10.8. The highest BCUT2D eigenvalue weighted by Gasteiger charge is 2.15. The highest BCUT2D eigenvalue weighted by molar-refractivity contribution is 7.14. The fraction of sp³-hybridized carbons (Fsp3) is 0. The van der Waals surface area contributed by atoms with E-state index in [0.717, 1.165) is 4.88 Å². The van der Waals surface area contributed by atoms with Crippen LogP contribution >= 0.6 is 22.9 Å². The predicted molar refractivity (Wildman–Crippen MR) is 56.1 cm³/mol. The van der Waals surface area contributed by atoms with E-state index in [1.165, 1.54) is 17.4 Å². The van der Waals surface area contributed by atoms with Crippen molar-refractivity contribution in [1.82, 2.24) is 4.98 Å². The summed E-state index contributed by atoms with van der Waals surface area (Å²) in [5, 5.41) is 11.3. The molecule has 0 aliphatic heterocycles. The number of carbonyl (C=O) groups is 1. The summed E-state index contributed by atoms with van der Waals surface area (Å²) in [6.45, 7) is 0. The van der Waals surface area contributed by atoms with Gasteiger partial charge in [0.15, 0.2) is 0 Å². The summed E-state index contributed by atoms with van der Waals surface area (Å²) in [6.07, 6.45) is 1.59. The van der Waals surface area contributed by atoms with Gasteiger partial charge in [-0.25, -0.2) is 4.79 Å². The fourth-order valence-electron chi connectivity index (χ4n) is 1.21. The van der Waals surface area contributed by atoms with E-state index in [1.54, 1.807) is 12.3 Å². The van der Waals surface area contributed by atoms with Gasteiger partial charge in [0.25, 0.3) is 0 Å². The molecule has 0 spiro atoms. The van der Waals surface area contributed by atoms with Gasteiger partial charge in [0.1, 0.15) is 0 Å². The van der Waals surface area contributed by atoms with Gasteiger partial charge in [-0.15, -0.1) is 11.3 Å². The zero-order valence-electron chi connectivity index (χ0n) is 6.95. The lowest BCUT2D eigenvalue weighted by atomic mass is 10.2. The lowest BCUT2D eigenvalue weighted by Gasteiger charge is -1.97. The first-order valence-corrected chi connectivity index (χ1v) is 5.10. The standard InChI is InChI=1S/C9H6ClNO2S/c10-6-2-4-14-8(6)7-5(9(12)13)1-3-11-7/h1-4,11H,(H,12,13). The average Bonchev–Trinajstić information content (AvgIpc) is 2.70. The van der Waals surface area contributed by atoms with E-state index in [-0.39, 0.29) is 5.56 Å². The lowest BCUT2D eigenvalue weighted by molar-refractivity contribution is 0.0698. The Morgan fingerprint density at radius 2 is 2.29 bits per heavy atom. The molecule has 0 saturated carbocycles. The summed E-state index contributed by atoms with van der Waals surface area (Å²) in [4.78, 5) is 14.5. The van der Waals surface area contributed by atoms with Gasteiger partial charge >= 0.3 is 5.97 Å². The van der Waals surface area contributed by atoms with Gasteiger partial charge in [0.05, 0.1) is 21.2 Å². The van der Waals surface area contributed by atoms with Crippen LogP contribution in [0.15, 0.2) is 23.7 Å². The number of hydrogen-bond donors (Lipinski definition) is 2. The van der Waals surface area contributed by atoms with Crippen molar-refractivity contribution in [3.05, 3.63) is 34.3 Å². The Bertz CT molecular complexity index is 475.